The zero-order valence-electron chi connectivity index (χ0n) is 11.6. The number of amides is 1. The molecule has 0 unspecified atom stereocenters. The van der Waals surface area contributed by atoms with Crippen LogP contribution in [-0.4, -0.2) is 24.2 Å². The zero-order chi connectivity index (χ0) is 14.3. The Kier molecular flexibility index (Phi) is 6.52. The molecule has 0 radical (unpaired) electrons. The predicted octanol–water partition coefficient (Wildman–Crippen LogP) is 2.91. The van der Waals surface area contributed by atoms with E-state index in [1.807, 2.05) is 24.3 Å². The fourth-order valence-corrected chi connectivity index (χ4v) is 2.10. The highest BCUT2D eigenvalue weighted by Crippen LogP contribution is 2.20. The van der Waals surface area contributed by atoms with Crippen LogP contribution in [0.1, 0.15) is 32.3 Å². The Bertz CT molecular complexity index is 401. The highest BCUT2D eigenvalue weighted by molar-refractivity contribution is 9.10. The third-order valence-corrected chi connectivity index (χ3v) is 3.58. The van der Waals surface area contributed by atoms with Crippen molar-refractivity contribution in [3.05, 3.63) is 34.3 Å². The van der Waals surface area contributed by atoms with Crippen LogP contribution >= 0.6 is 15.9 Å². The Morgan fingerprint density at radius 3 is 2.53 bits per heavy atom. The normalized spacial score (nSPS) is 11.4. The van der Waals surface area contributed by atoms with E-state index in [1.54, 1.807) is 0 Å². The Morgan fingerprint density at radius 1 is 1.32 bits per heavy atom. The fraction of sp³-hybridized carbons (Fsp3) is 0.533. The lowest BCUT2D eigenvalue weighted by molar-refractivity contribution is -0.120. The molecule has 0 aliphatic heterocycles. The molecule has 1 aromatic carbocycles. The van der Waals surface area contributed by atoms with Gasteiger partial charge in [0.05, 0.1) is 6.42 Å². The largest absolute Gasteiger partial charge is 0.396 e. The van der Waals surface area contributed by atoms with Crippen LogP contribution in [0.4, 0.5) is 0 Å². The molecule has 0 aliphatic rings. The predicted molar refractivity (Wildman–Crippen MR) is 81.0 cm³/mol. The van der Waals surface area contributed by atoms with Gasteiger partial charge in [0.15, 0.2) is 0 Å². The van der Waals surface area contributed by atoms with Crippen LogP contribution in [0.15, 0.2) is 28.7 Å². The Morgan fingerprint density at radius 2 is 1.95 bits per heavy atom. The zero-order valence-corrected chi connectivity index (χ0v) is 13.2. The van der Waals surface area contributed by atoms with E-state index < -0.39 is 0 Å². The maximum Gasteiger partial charge on any atom is 0.224 e. The molecule has 0 aliphatic carbocycles. The number of aliphatic hydroxyl groups excluding tert-OH is 1. The molecule has 0 atom stereocenters. The number of aliphatic hydroxyl groups is 1. The standard InChI is InChI=1S/C15H22BrNO2/c1-15(2,8-3-9-18)11-17-14(19)10-12-4-6-13(16)7-5-12/h4-7,18H,3,8-11H2,1-2H3,(H,17,19). The van der Waals surface area contributed by atoms with E-state index in [1.165, 1.54) is 0 Å². The van der Waals surface area contributed by atoms with Gasteiger partial charge in [0.1, 0.15) is 0 Å². The molecule has 1 aromatic rings. The van der Waals surface area contributed by atoms with Gasteiger partial charge in [-0.15, -0.1) is 0 Å². The van der Waals surface area contributed by atoms with Gasteiger partial charge in [0, 0.05) is 17.6 Å². The number of halogens is 1. The van der Waals surface area contributed by atoms with Crippen LogP contribution in [0, 0.1) is 5.41 Å². The molecule has 0 saturated heterocycles. The van der Waals surface area contributed by atoms with Crippen molar-refractivity contribution in [3.8, 4) is 0 Å². The first-order valence-electron chi connectivity index (χ1n) is 6.55. The molecule has 1 amide bonds. The average molecular weight is 328 g/mol. The minimum atomic E-state index is 0.0259. The van der Waals surface area contributed by atoms with Crippen LogP contribution in [0.3, 0.4) is 0 Å². The quantitative estimate of drug-likeness (QED) is 0.809. The third kappa shape index (κ3) is 6.73. The van der Waals surface area contributed by atoms with Gasteiger partial charge >= 0.3 is 0 Å². The molecular weight excluding hydrogens is 306 g/mol. The molecule has 0 saturated carbocycles. The van der Waals surface area contributed by atoms with Crippen molar-refractivity contribution in [1.29, 1.82) is 0 Å². The maximum atomic E-state index is 11.8. The number of carbonyl (C=O) groups excluding carboxylic acids is 1. The van der Waals surface area contributed by atoms with Crippen molar-refractivity contribution in [2.24, 2.45) is 5.41 Å². The molecule has 2 N–H and O–H groups in total. The minimum Gasteiger partial charge on any atom is -0.396 e. The summed E-state index contributed by atoms with van der Waals surface area (Å²) < 4.78 is 1.02. The van der Waals surface area contributed by atoms with Crippen LogP contribution in [0.25, 0.3) is 0 Å². The summed E-state index contributed by atoms with van der Waals surface area (Å²) in [6.07, 6.45) is 2.08. The second kappa shape index (κ2) is 7.65. The Balaban J connectivity index is 2.37. The van der Waals surface area contributed by atoms with Crippen LogP contribution < -0.4 is 5.32 Å². The second-order valence-corrected chi connectivity index (χ2v) is 6.49. The average Bonchev–Trinajstić information content (AvgIpc) is 2.37. The van der Waals surface area contributed by atoms with E-state index in [2.05, 4.69) is 35.1 Å². The van der Waals surface area contributed by atoms with Gasteiger partial charge in [-0.05, 0) is 36.0 Å². The summed E-state index contributed by atoms with van der Waals surface area (Å²) in [4.78, 5) is 11.8. The van der Waals surface area contributed by atoms with Crippen LogP contribution in [0.2, 0.25) is 0 Å². The Labute approximate surface area is 123 Å². The molecular formula is C15H22BrNO2. The van der Waals surface area contributed by atoms with E-state index in [-0.39, 0.29) is 17.9 Å². The second-order valence-electron chi connectivity index (χ2n) is 5.57. The molecule has 0 spiro atoms. The van der Waals surface area contributed by atoms with E-state index >= 15 is 0 Å². The smallest absolute Gasteiger partial charge is 0.224 e. The van der Waals surface area contributed by atoms with E-state index in [0.717, 1.165) is 22.9 Å². The van der Waals surface area contributed by atoms with Gasteiger partial charge in [0.2, 0.25) is 5.91 Å². The van der Waals surface area contributed by atoms with Crippen molar-refractivity contribution in [2.45, 2.75) is 33.1 Å². The fourth-order valence-electron chi connectivity index (χ4n) is 1.83. The summed E-state index contributed by atoms with van der Waals surface area (Å²) in [6, 6.07) is 7.77. The minimum absolute atomic E-state index is 0.0259. The van der Waals surface area contributed by atoms with Gasteiger partial charge in [-0.1, -0.05) is 41.9 Å². The highest BCUT2D eigenvalue weighted by atomic mass is 79.9. The highest BCUT2D eigenvalue weighted by Gasteiger charge is 2.18. The van der Waals surface area contributed by atoms with Crippen LogP contribution in [-0.2, 0) is 11.2 Å². The summed E-state index contributed by atoms with van der Waals surface area (Å²) in [5.41, 5.74) is 1.03. The van der Waals surface area contributed by atoms with Gasteiger partial charge in [-0.25, -0.2) is 0 Å². The topological polar surface area (TPSA) is 49.3 Å². The molecule has 0 fully saturated rings. The van der Waals surface area contributed by atoms with Crippen molar-refractivity contribution in [1.82, 2.24) is 5.32 Å². The van der Waals surface area contributed by atoms with Crippen molar-refractivity contribution in [2.75, 3.05) is 13.2 Å². The van der Waals surface area contributed by atoms with Gasteiger partial charge in [-0.2, -0.15) is 0 Å². The first-order valence-corrected chi connectivity index (χ1v) is 7.34. The number of carbonyl (C=O) groups is 1. The van der Waals surface area contributed by atoms with Crippen molar-refractivity contribution >= 4 is 21.8 Å². The maximum absolute atomic E-state index is 11.8. The molecule has 106 valence electrons. The van der Waals surface area contributed by atoms with Crippen LogP contribution in [0.5, 0.6) is 0 Å². The van der Waals surface area contributed by atoms with Gasteiger partial charge in [0.25, 0.3) is 0 Å². The Hall–Kier alpha value is -0.870. The molecule has 3 nitrogen and oxygen atoms in total. The molecule has 0 aromatic heterocycles. The van der Waals surface area contributed by atoms with E-state index in [0.29, 0.717) is 13.0 Å². The van der Waals surface area contributed by atoms with E-state index in [4.69, 9.17) is 5.11 Å². The number of hydrogen-bond acceptors (Lipinski definition) is 2. The lowest BCUT2D eigenvalue weighted by Gasteiger charge is -2.24. The molecule has 4 heteroatoms. The summed E-state index contributed by atoms with van der Waals surface area (Å²) in [7, 11) is 0. The first-order chi connectivity index (χ1) is 8.93. The summed E-state index contributed by atoms with van der Waals surface area (Å²) in [5, 5.41) is 11.8. The monoisotopic (exact) mass is 327 g/mol. The SMILES string of the molecule is CC(C)(CCCO)CNC(=O)Cc1ccc(Br)cc1. The summed E-state index contributed by atoms with van der Waals surface area (Å²) >= 11 is 3.37. The number of benzene rings is 1. The third-order valence-electron chi connectivity index (χ3n) is 3.05. The van der Waals surface area contributed by atoms with Crippen molar-refractivity contribution < 1.29 is 9.90 Å². The number of hydrogen-bond donors (Lipinski definition) is 2. The van der Waals surface area contributed by atoms with Crippen molar-refractivity contribution in [3.63, 3.8) is 0 Å². The molecule has 19 heavy (non-hydrogen) atoms. The molecule has 0 bridgehead atoms. The molecule has 0 heterocycles. The lowest BCUT2D eigenvalue weighted by atomic mass is 9.88. The van der Waals surface area contributed by atoms with Gasteiger partial charge in [-0.3, -0.25) is 4.79 Å². The lowest BCUT2D eigenvalue weighted by Crippen LogP contribution is -2.35. The summed E-state index contributed by atoms with van der Waals surface area (Å²) in [5.74, 6) is 0.0411. The number of nitrogens with one attached hydrogen (secondary N) is 1. The first kappa shape index (κ1) is 16.2. The van der Waals surface area contributed by atoms with Gasteiger partial charge < -0.3 is 10.4 Å². The van der Waals surface area contributed by atoms with E-state index in [9.17, 15) is 4.79 Å². The number of rotatable bonds is 7. The summed E-state index contributed by atoms with van der Waals surface area (Å²) in [6.45, 7) is 5.05. The molecule has 1 rings (SSSR count).